The Hall–Kier alpha value is -1.58. The van der Waals surface area contributed by atoms with Crippen LogP contribution in [0, 0.1) is 5.92 Å². The van der Waals surface area contributed by atoms with E-state index in [1.165, 1.54) is 19.3 Å². The molecule has 0 aromatic carbocycles. The highest BCUT2D eigenvalue weighted by Crippen LogP contribution is 2.28. The second-order valence-corrected chi connectivity index (χ2v) is 8.54. The lowest BCUT2D eigenvalue weighted by Crippen LogP contribution is -2.41. The van der Waals surface area contributed by atoms with Crippen LogP contribution in [-0.4, -0.2) is 88.0 Å². The SMILES string of the molecule is O=C(CCCn1nnnc1CN1CCOCC1)N(CC1CCC1)CC1CCCO1. The summed E-state index contributed by atoms with van der Waals surface area (Å²) in [7, 11) is 0. The number of hydrogen-bond acceptors (Lipinski definition) is 7. The summed E-state index contributed by atoms with van der Waals surface area (Å²) in [5.41, 5.74) is 0. The molecular weight excluding hydrogens is 372 g/mol. The summed E-state index contributed by atoms with van der Waals surface area (Å²) in [6, 6.07) is 0. The van der Waals surface area contributed by atoms with Crippen LogP contribution in [0.4, 0.5) is 0 Å². The van der Waals surface area contributed by atoms with Gasteiger partial charge < -0.3 is 14.4 Å². The average molecular weight is 407 g/mol. The maximum Gasteiger partial charge on any atom is 0.222 e. The smallest absolute Gasteiger partial charge is 0.222 e. The van der Waals surface area contributed by atoms with Gasteiger partial charge in [0.2, 0.25) is 5.91 Å². The van der Waals surface area contributed by atoms with Crippen LogP contribution in [0.25, 0.3) is 0 Å². The first-order chi connectivity index (χ1) is 14.3. The molecule has 0 radical (unpaired) electrons. The van der Waals surface area contributed by atoms with Gasteiger partial charge in [-0.05, 0) is 48.4 Å². The van der Waals surface area contributed by atoms with E-state index in [4.69, 9.17) is 9.47 Å². The van der Waals surface area contributed by atoms with Gasteiger partial charge in [0.1, 0.15) is 0 Å². The standard InChI is InChI=1S/C20H34N6O3/c27-20(25(14-17-4-1-5-17)15-18-6-3-11-29-18)7-2-8-26-19(21-22-23-26)16-24-9-12-28-13-10-24/h17-18H,1-16H2. The van der Waals surface area contributed by atoms with Gasteiger partial charge in [-0.1, -0.05) is 6.42 Å². The van der Waals surface area contributed by atoms with Gasteiger partial charge in [-0.3, -0.25) is 9.69 Å². The molecule has 2 aliphatic heterocycles. The Kier molecular flexibility index (Phi) is 7.45. The zero-order valence-electron chi connectivity index (χ0n) is 17.4. The number of tetrazole rings is 1. The molecule has 1 amide bonds. The van der Waals surface area contributed by atoms with Gasteiger partial charge in [-0.2, -0.15) is 0 Å². The summed E-state index contributed by atoms with van der Waals surface area (Å²) in [4.78, 5) is 17.3. The lowest BCUT2D eigenvalue weighted by molar-refractivity contribution is -0.134. The number of nitrogens with zero attached hydrogens (tertiary/aromatic N) is 6. The minimum absolute atomic E-state index is 0.221. The Labute approximate surface area is 172 Å². The van der Waals surface area contributed by atoms with Crippen molar-refractivity contribution in [1.82, 2.24) is 30.0 Å². The van der Waals surface area contributed by atoms with Crippen molar-refractivity contribution in [2.75, 3.05) is 46.0 Å². The fourth-order valence-corrected chi connectivity index (χ4v) is 4.31. The van der Waals surface area contributed by atoms with Crippen molar-refractivity contribution in [2.45, 2.75) is 64.1 Å². The van der Waals surface area contributed by atoms with Crippen LogP contribution in [0.15, 0.2) is 0 Å². The van der Waals surface area contributed by atoms with E-state index in [1.54, 1.807) is 0 Å². The van der Waals surface area contributed by atoms with Crippen molar-refractivity contribution >= 4 is 5.91 Å². The van der Waals surface area contributed by atoms with E-state index >= 15 is 0 Å². The van der Waals surface area contributed by atoms with Crippen LogP contribution in [0.2, 0.25) is 0 Å². The normalized spacial score (nSPS) is 23.2. The molecule has 2 saturated heterocycles. The number of aromatic nitrogens is 4. The Balaban J connectivity index is 1.24. The number of aryl methyl sites for hydroxylation is 1. The molecule has 1 saturated carbocycles. The summed E-state index contributed by atoms with van der Waals surface area (Å²) < 4.78 is 13.0. The number of ether oxygens (including phenoxy) is 2. The van der Waals surface area contributed by atoms with E-state index in [2.05, 4.69) is 25.3 Å². The molecular formula is C20H34N6O3. The van der Waals surface area contributed by atoms with Crippen LogP contribution in [0.3, 0.4) is 0 Å². The first-order valence-electron chi connectivity index (χ1n) is 11.2. The van der Waals surface area contributed by atoms with Gasteiger partial charge in [0.25, 0.3) is 0 Å². The van der Waals surface area contributed by atoms with E-state index < -0.39 is 0 Å². The van der Waals surface area contributed by atoms with Crippen molar-refractivity contribution in [3.05, 3.63) is 5.82 Å². The lowest BCUT2D eigenvalue weighted by Gasteiger charge is -2.33. The molecule has 0 spiro atoms. The molecule has 9 nitrogen and oxygen atoms in total. The van der Waals surface area contributed by atoms with Gasteiger partial charge in [-0.15, -0.1) is 5.10 Å². The molecule has 162 valence electrons. The molecule has 1 aromatic heterocycles. The highest BCUT2D eigenvalue weighted by Gasteiger charge is 2.27. The fourth-order valence-electron chi connectivity index (χ4n) is 4.31. The quantitative estimate of drug-likeness (QED) is 0.575. The largest absolute Gasteiger partial charge is 0.379 e. The zero-order chi connectivity index (χ0) is 19.9. The maximum atomic E-state index is 12.9. The molecule has 9 heteroatoms. The number of hydrogen-bond donors (Lipinski definition) is 0. The van der Waals surface area contributed by atoms with E-state index in [0.29, 0.717) is 18.9 Å². The Bertz CT molecular complexity index is 638. The molecule has 1 aliphatic carbocycles. The van der Waals surface area contributed by atoms with Crippen LogP contribution in [0.5, 0.6) is 0 Å². The number of carbonyl (C=O) groups excluding carboxylic acids is 1. The van der Waals surface area contributed by atoms with Crippen LogP contribution < -0.4 is 0 Å². The lowest BCUT2D eigenvalue weighted by atomic mass is 9.85. The Morgan fingerprint density at radius 2 is 1.97 bits per heavy atom. The van der Waals surface area contributed by atoms with Gasteiger partial charge in [0.15, 0.2) is 5.82 Å². The second-order valence-electron chi connectivity index (χ2n) is 8.54. The third-order valence-electron chi connectivity index (χ3n) is 6.34. The van der Waals surface area contributed by atoms with Crippen molar-refractivity contribution in [1.29, 1.82) is 0 Å². The molecule has 0 bridgehead atoms. The van der Waals surface area contributed by atoms with Gasteiger partial charge in [0, 0.05) is 45.8 Å². The molecule has 4 rings (SSSR count). The molecule has 0 N–H and O–H groups in total. The maximum absolute atomic E-state index is 12.9. The molecule has 3 aliphatic rings. The number of morpholine rings is 1. The predicted octanol–water partition coefficient (Wildman–Crippen LogP) is 1.09. The zero-order valence-corrected chi connectivity index (χ0v) is 17.4. The summed E-state index contributed by atoms with van der Waals surface area (Å²) in [5.74, 6) is 1.79. The summed E-state index contributed by atoms with van der Waals surface area (Å²) in [5, 5.41) is 12.1. The first kappa shape index (κ1) is 20.7. The second kappa shape index (κ2) is 10.4. The first-order valence-corrected chi connectivity index (χ1v) is 11.2. The number of carbonyl (C=O) groups is 1. The van der Waals surface area contributed by atoms with Crippen LogP contribution in [0.1, 0.15) is 50.8 Å². The summed E-state index contributed by atoms with van der Waals surface area (Å²) >= 11 is 0. The van der Waals surface area contributed by atoms with Crippen LogP contribution in [-0.2, 0) is 27.4 Å². The van der Waals surface area contributed by atoms with Crippen LogP contribution >= 0.6 is 0 Å². The van der Waals surface area contributed by atoms with Crippen molar-refractivity contribution < 1.29 is 14.3 Å². The molecule has 1 aromatic rings. The molecule has 29 heavy (non-hydrogen) atoms. The molecule has 1 unspecified atom stereocenters. The Morgan fingerprint density at radius 1 is 1.10 bits per heavy atom. The van der Waals surface area contributed by atoms with Crippen molar-refractivity contribution in [3.63, 3.8) is 0 Å². The van der Waals surface area contributed by atoms with Gasteiger partial charge in [-0.25, -0.2) is 4.68 Å². The van der Waals surface area contributed by atoms with Crippen molar-refractivity contribution in [2.24, 2.45) is 5.92 Å². The fraction of sp³-hybridized carbons (Fsp3) is 0.900. The minimum Gasteiger partial charge on any atom is -0.379 e. The monoisotopic (exact) mass is 406 g/mol. The summed E-state index contributed by atoms with van der Waals surface area (Å²) in [6.45, 7) is 7.23. The van der Waals surface area contributed by atoms with Gasteiger partial charge >= 0.3 is 0 Å². The molecule has 3 heterocycles. The van der Waals surface area contributed by atoms with Gasteiger partial charge in [0.05, 0.1) is 25.9 Å². The molecule has 1 atom stereocenters. The predicted molar refractivity (Wildman–Crippen MR) is 106 cm³/mol. The topological polar surface area (TPSA) is 85.6 Å². The summed E-state index contributed by atoms with van der Waals surface area (Å²) in [6.07, 6.45) is 7.51. The number of amides is 1. The highest BCUT2D eigenvalue weighted by atomic mass is 16.5. The van der Waals surface area contributed by atoms with E-state index in [1.807, 2.05) is 4.68 Å². The van der Waals surface area contributed by atoms with E-state index in [9.17, 15) is 4.79 Å². The van der Waals surface area contributed by atoms with E-state index in [0.717, 1.165) is 77.6 Å². The average Bonchev–Trinajstić information content (AvgIpc) is 3.36. The van der Waals surface area contributed by atoms with E-state index in [-0.39, 0.29) is 12.0 Å². The molecule has 3 fully saturated rings. The third kappa shape index (κ3) is 5.96. The number of rotatable bonds is 10. The minimum atomic E-state index is 0.221. The third-order valence-corrected chi connectivity index (χ3v) is 6.34. The Morgan fingerprint density at radius 3 is 2.69 bits per heavy atom. The highest BCUT2D eigenvalue weighted by molar-refractivity contribution is 5.76. The van der Waals surface area contributed by atoms with Crippen molar-refractivity contribution in [3.8, 4) is 0 Å².